The zero-order valence-electron chi connectivity index (χ0n) is 21.2. The Kier molecular flexibility index (Phi) is 11.7. The van der Waals surface area contributed by atoms with Crippen LogP contribution in [0.3, 0.4) is 0 Å². The molecule has 1 atom stereocenters. The van der Waals surface area contributed by atoms with E-state index in [0.29, 0.717) is 5.57 Å². The molecular weight excluding hydrogens is 454 g/mol. The zero-order valence-corrected chi connectivity index (χ0v) is 22.0. The van der Waals surface area contributed by atoms with Gasteiger partial charge in [0.05, 0.1) is 12.4 Å². The van der Waals surface area contributed by atoms with Crippen molar-refractivity contribution in [2.45, 2.75) is 73.3 Å². The fourth-order valence-corrected chi connectivity index (χ4v) is 4.39. The molecule has 0 aromatic rings. The summed E-state index contributed by atoms with van der Waals surface area (Å²) in [6.45, 7) is 12.2. The van der Waals surface area contributed by atoms with Crippen LogP contribution in [0.15, 0.2) is 58.7 Å². The maximum absolute atomic E-state index is 12.3. The Hall–Kier alpha value is -2.45. The van der Waals surface area contributed by atoms with Gasteiger partial charge in [0.15, 0.2) is 0 Å². The van der Waals surface area contributed by atoms with E-state index in [2.05, 4.69) is 38.2 Å². The zero-order chi connectivity index (χ0) is 25.9. The lowest BCUT2D eigenvalue weighted by Crippen LogP contribution is -2.42. The molecule has 1 amide bonds. The monoisotopic (exact) mass is 493 g/mol. The molecule has 0 spiro atoms. The Morgan fingerprint density at radius 2 is 1.88 bits per heavy atom. The summed E-state index contributed by atoms with van der Waals surface area (Å²) in [5, 5.41) is 2.44. The van der Waals surface area contributed by atoms with Gasteiger partial charge in [0.25, 0.3) is 10.1 Å². The Morgan fingerprint density at radius 1 is 1.21 bits per heavy atom. The molecule has 0 saturated heterocycles. The molecule has 0 fully saturated rings. The predicted molar refractivity (Wildman–Crippen MR) is 136 cm³/mol. The highest BCUT2D eigenvalue weighted by molar-refractivity contribution is 7.85. The highest BCUT2D eigenvalue weighted by Crippen LogP contribution is 2.40. The molecule has 190 valence electrons. The fraction of sp³-hybridized carbons (Fsp3) is 0.538. The van der Waals surface area contributed by atoms with Crippen LogP contribution in [-0.4, -0.2) is 43.2 Å². The Labute approximate surface area is 204 Å². The number of hydrogen-bond donors (Lipinski definition) is 2. The molecule has 2 N–H and O–H groups in total. The molecule has 0 aromatic carbocycles. The maximum atomic E-state index is 12.3. The van der Waals surface area contributed by atoms with E-state index in [-0.39, 0.29) is 18.4 Å². The van der Waals surface area contributed by atoms with Crippen molar-refractivity contribution in [2.75, 3.05) is 12.4 Å². The lowest BCUT2D eigenvalue weighted by Gasteiger charge is -2.32. The van der Waals surface area contributed by atoms with Gasteiger partial charge in [0.2, 0.25) is 5.91 Å². The van der Waals surface area contributed by atoms with Crippen molar-refractivity contribution < 1.29 is 27.3 Å². The van der Waals surface area contributed by atoms with Crippen molar-refractivity contribution in [2.24, 2.45) is 5.41 Å². The SMILES string of the molecule is CCOC(=O)[C@H](CCS(=O)(=O)O)NC(=O)\C=C(C)/C=C/C=C(C)/C=C/C1=C(C)CCCC1(C)C. The van der Waals surface area contributed by atoms with Gasteiger partial charge in [0.1, 0.15) is 6.04 Å². The first-order valence-electron chi connectivity index (χ1n) is 11.6. The number of nitrogens with one attached hydrogen (secondary N) is 1. The summed E-state index contributed by atoms with van der Waals surface area (Å²) in [5.74, 6) is -1.97. The van der Waals surface area contributed by atoms with Crippen molar-refractivity contribution in [3.63, 3.8) is 0 Å². The third-order valence-electron chi connectivity index (χ3n) is 5.68. The second-order valence-electron chi connectivity index (χ2n) is 9.31. The second kappa shape index (κ2) is 13.4. The predicted octanol–water partition coefficient (Wildman–Crippen LogP) is 4.84. The molecule has 0 bridgehead atoms. The summed E-state index contributed by atoms with van der Waals surface area (Å²) in [7, 11) is -4.27. The minimum atomic E-state index is -4.27. The molecule has 34 heavy (non-hydrogen) atoms. The van der Waals surface area contributed by atoms with Crippen LogP contribution in [0.5, 0.6) is 0 Å². The van der Waals surface area contributed by atoms with Crippen LogP contribution in [0.4, 0.5) is 0 Å². The van der Waals surface area contributed by atoms with Crippen LogP contribution in [0.25, 0.3) is 0 Å². The molecule has 1 aliphatic rings. The van der Waals surface area contributed by atoms with E-state index in [0.717, 1.165) is 12.0 Å². The minimum Gasteiger partial charge on any atom is -0.464 e. The highest BCUT2D eigenvalue weighted by Gasteiger charge is 2.26. The van der Waals surface area contributed by atoms with Gasteiger partial charge in [-0.1, -0.05) is 55.4 Å². The summed E-state index contributed by atoms with van der Waals surface area (Å²) in [6, 6.07) is -1.17. The molecule has 0 heterocycles. The van der Waals surface area contributed by atoms with Crippen LogP contribution in [0, 0.1) is 5.41 Å². The summed E-state index contributed by atoms with van der Waals surface area (Å²) in [4.78, 5) is 24.3. The summed E-state index contributed by atoms with van der Waals surface area (Å²) >= 11 is 0. The molecule has 0 aliphatic heterocycles. The van der Waals surface area contributed by atoms with Crippen molar-refractivity contribution in [3.05, 3.63) is 58.7 Å². The van der Waals surface area contributed by atoms with E-state index in [4.69, 9.17) is 9.29 Å². The summed E-state index contributed by atoms with van der Waals surface area (Å²) in [5.41, 5.74) is 4.74. The first-order valence-corrected chi connectivity index (χ1v) is 13.2. The molecule has 8 heteroatoms. The van der Waals surface area contributed by atoms with Crippen molar-refractivity contribution >= 4 is 22.0 Å². The number of carbonyl (C=O) groups excluding carboxylic acids is 2. The van der Waals surface area contributed by atoms with Crippen LogP contribution in [0.2, 0.25) is 0 Å². The van der Waals surface area contributed by atoms with Gasteiger partial charge < -0.3 is 10.1 Å². The molecule has 0 aromatic heterocycles. The number of carbonyl (C=O) groups is 2. The smallest absolute Gasteiger partial charge is 0.328 e. The quantitative estimate of drug-likeness (QED) is 0.184. The first kappa shape index (κ1) is 29.6. The molecule has 7 nitrogen and oxygen atoms in total. The normalized spacial score (nSPS) is 18.4. The van der Waals surface area contributed by atoms with Crippen LogP contribution in [0.1, 0.15) is 67.2 Å². The van der Waals surface area contributed by atoms with Gasteiger partial charge in [0, 0.05) is 6.08 Å². The average molecular weight is 494 g/mol. The molecule has 0 unspecified atom stereocenters. The van der Waals surface area contributed by atoms with Gasteiger partial charge in [-0.25, -0.2) is 4.79 Å². The summed E-state index contributed by atoms with van der Waals surface area (Å²) in [6.07, 6.45) is 14.4. The Balaban J connectivity index is 2.79. The standard InChI is InChI=1S/C26H39NO6S/c1-7-33-25(29)23(15-17-34(30,31)32)27-24(28)18-20(3)11-8-10-19(2)13-14-22-21(4)12-9-16-26(22,5)6/h8,10-11,13-14,18,23H,7,9,12,15-17H2,1-6H3,(H,27,28)(H,30,31,32)/b11-8+,14-13+,19-10+,20-18-/t23-/m0/s1. The molecular formula is C26H39NO6S. The van der Waals surface area contributed by atoms with Crippen molar-refractivity contribution in [1.82, 2.24) is 5.32 Å². The Bertz CT molecular complexity index is 996. The number of ether oxygens (including phenoxy) is 1. The third-order valence-corrected chi connectivity index (χ3v) is 6.44. The van der Waals surface area contributed by atoms with Gasteiger partial charge in [-0.3, -0.25) is 9.35 Å². The third kappa shape index (κ3) is 11.1. The summed E-state index contributed by atoms with van der Waals surface area (Å²) < 4.78 is 35.8. The van der Waals surface area contributed by atoms with E-state index in [1.165, 1.54) is 30.1 Å². The van der Waals surface area contributed by atoms with E-state index in [1.54, 1.807) is 19.9 Å². The van der Waals surface area contributed by atoms with Crippen LogP contribution < -0.4 is 5.32 Å². The molecule has 0 saturated carbocycles. The minimum absolute atomic E-state index is 0.0865. The van der Waals surface area contributed by atoms with Gasteiger partial charge >= 0.3 is 5.97 Å². The number of allylic oxidation sites excluding steroid dienone is 9. The second-order valence-corrected chi connectivity index (χ2v) is 10.9. The van der Waals surface area contributed by atoms with E-state index in [9.17, 15) is 18.0 Å². The molecule has 0 radical (unpaired) electrons. The topological polar surface area (TPSA) is 110 Å². The van der Waals surface area contributed by atoms with Crippen molar-refractivity contribution in [1.29, 1.82) is 0 Å². The van der Waals surface area contributed by atoms with E-state index < -0.39 is 33.8 Å². The largest absolute Gasteiger partial charge is 0.464 e. The lowest BCUT2D eigenvalue weighted by atomic mass is 9.72. The number of esters is 1. The molecule has 1 rings (SSSR count). The van der Waals surface area contributed by atoms with Gasteiger partial charge in [-0.05, 0) is 69.9 Å². The van der Waals surface area contributed by atoms with E-state index in [1.807, 2.05) is 19.1 Å². The van der Waals surface area contributed by atoms with Gasteiger partial charge in [-0.15, -0.1) is 0 Å². The lowest BCUT2D eigenvalue weighted by molar-refractivity contribution is -0.147. The number of rotatable bonds is 11. The average Bonchev–Trinajstić information content (AvgIpc) is 2.69. The van der Waals surface area contributed by atoms with Crippen LogP contribution >= 0.6 is 0 Å². The Morgan fingerprint density at radius 3 is 2.47 bits per heavy atom. The first-order chi connectivity index (χ1) is 15.7. The highest BCUT2D eigenvalue weighted by atomic mass is 32.2. The number of amides is 1. The number of hydrogen-bond acceptors (Lipinski definition) is 5. The van der Waals surface area contributed by atoms with E-state index >= 15 is 0 Å². The van der Waals surface area contributed by atoms with Crippen LogP contribution in [-0.2, 0) is 24.4 Å². The van der Waals surface area contributed by atoms with Gasteiger partial charge in [-0.2, -0.15) is 8.42 Å². The molecule has 1 aliphatic carbocycles. The van der Waals surface area contributed by atoms with Crippen molar-refractivity contribution in [3.8, 4) is 0 Å². The maximum Gasteiger partial charge on any atom is 0.328 e. The fourth-order valence-electron chi connectivity index (χ4n) is 3.86.